The van der Waals surface area contributed by atoms with Gasteiger partial charge < -0.3 is 23.9 Å². The van der Waals surface area contributed by atoms with E-state index in [4.69, 9.17) is 18.9 Å². The Balaban J connectivity index is 1.49. The van der Waals surface area contributed by atoms with E-state index in [-0.39, 0.29) is 43.0 Å². The Morgan fingerprint density at radius 3 is 1.91 bits per heavy atom. The van der Waals surface area contributed by atoms with Crippen molar-refractivity contribution in [3.8, 4) is 0 Å². The van der Waals surface area contributed by atoms with E-state index in [1.165, 1.54) is 11.1 Å². The quantitative estimate of drug-likeness (QED) is 0.112. The summed E-state index contributed by atoms with van der Waals surface area (Å²) in [5, 5.41) is 1.92. The van der Waals surface area contributed by atoms with Crippen LogP contribution in [0.4, 0.5) is 0 Å². The number of carbonyl (C=O) groups excluding carboxylic acids is 3. The Kier molecular flexibility index (Phi) is 11.6. The highest BCUT2D eigenvalue weighted by molar-refractivity contribution is 6.20. The van der Waals surface area contributed by atoms with Crippen molar-refractivity contribution >= 4 is 47.6 Å². The highest BCUT2D eigenvalue weighted by Crippen LogP contribution is 2.40. The van der Waals surface area contributed by atoms with Crippen molar-refractivity contribution in [2.45, 2.75) is 126 Å². The second kappa shape index (κ2) is 16.4. The van der Waals surface area contributed by atoms with Gasteiger partial charge in [-0.2, -0.15) is 9.15 Å². The predicted molar refractivity (Wildman–Crippen MR) is 219 cm³/mol. The van der Waals surface area contributed by atoms with Gasteiger partial charge in [-0.15, -0.1) is 0 Å². The third-order valence-electron chi connectivity index (χ3n) is 12.3. The van der Waals surface area contributed by atoms with Crippen LogP contribution in [0.25, 0.3) is 18.2 Å². The number of aromatic amines is 1. The molecule has 7 heterocycles. The second-order valence-electron chi connectivity index (χ2n) is 15.6. The van der Waals surface area contributed by atoms with Crippen LogP contribution in [0.1, 0.15) is 114 Å². The molecular formula is C46H58N4O7+2. The fourth-order valence-corrected chi connectivity index (χ4v) is 9.10. The highest BCUT2D eigenvalue weighted by atomic mass is 16.6. The van der Waals surface area contributed by atoms with E-state index in [1.807, 2.05) is 20.8 Å². The first kappa shape index (κ1) is 40.2. The molecule has 2 atom stereocenters. The van der Waals surface area contributed by atoms with Gasteiger partial charge in [0.15, 0.2) is 0 Å². The molecule has 7 rings (SSSR count). The van der Waals surface area contributed by atoms with Crippen molar-refractivity contribution < 1.29 is 42.5 Å². The fraction of sp³-hybridized carbons (Fsp3) is 0.500. The van der Waals surface area contributed by atoms with Gasteiger partial charge in [-0.1, -0.05) is 0 Å². The van der Waals surface area contributed by atoms with Gasteiger partial charge in [-0.3, -0.25) is 19.0 Å². The number of likely N-dealkylation sites (N-methyl/N-ethyl adjacent to an activating group) is 1. The van der Waals surface area contributed by atoms with Crippen LogP contribution in [-0.2, 0) is 52.8 Å². The molecule has 0 saturated carbocycles. The lowest BCUT2D eigenvalue weighted by molar-refractivity contribution is -0.505. The molecule has 1 fully saturated rings. The first-order valence-electron chi connectivity index (χ1n) is 20.7. The number of esters is 3. The number of nitrogens with one attached hydrogen (secondary N) is 1. The molecule has 5 aliphatic rings. The Bertz CT molecular complexity index is 2370. The van der Waals surface area contributed by atoms with Crippen molar-refractivity contribution in [1.82, 2.24) is 9.55 Å². The summed E-state index contributed by atoms with van der Waals surface area (Å²) in [7, 11) is 2.14. The van der Waals surface area contributed by atoms with Gasteiger partial charge in [0.25, 0.3) is 0 Å². The van der Waals surface area contributed by atoms with E-state index in [1.54, 1.807) is 0 Å². The lowest BCUT2D eigenvalue weighted by Crippen LogP contribution is -2.26. The molecule has 0 radical (unpaired) electrons. The SMILES string of the molecule is CCOC(=O)CCC1=C(C)C2=[N+]3Cn4c(c(C)c(CCC(=O)OCC)c4C=c4[nH]c(c(CCC(=O)OCC)c4C)=CC4=[N+](C)C(=C2)C(CCC2OC2C)=C4C)C=C13. The van der Waals surface area contributed by atoms with Gasteiger partial charge in [-0.05, 0) is 116 Å². The van der Waals surface area contributed by atoms with E-state index < -0.39 is 0 Å². The molecular weight excluding hydrogens is 721 g/mol. The number of epoxide rings is 1. The molecule has 11 nitrogen and oxygen atoms in total. The van der Waals surface area contributed by atoms with Gasteiger partial charge >= 0.3 is 17.9 Å². The van der Waals surface area contributed by atoms with Crippen LogP contribution in [0, 0.1) is 13.8 Å². The number of carbonyl (C=O) groups is 3. The van der Waals surface area contributed by atoms with Crippen molar-refractivity contribution in [3.05, 3.63) is 84.1 Å². The number of nitrogens with zero attached hydrogens (tertiary/aromatic N) is 3. The third kappa shape index (κ3) is 7.70. The fourth-order valence-electron chi connectivity index (χ4n) is 9.10. The average molecular weight is 779 g/mol. The summed E-state index contributed by atoms with van der Waals surface area (Å²) < 4.78 is 29.0. The topological polar surface area (TPSA) is 118 Å². The molecule has 2 unspecified atom stereocenters. The van der Waals surface area contributed by atoms with Crippen LogP contribution in [-0.4, -0.2) is 87.1 Å². The molecule has 0 aromatic carbocycles. The number of fused-ring (bicyclic) bond motifs is 3. The number of hydrogen-bond acceptors (Lipinski definition) is 7. The first-order chi connectivity index (χ1) is 27.4. The van der Waals surface area contributed by atoms with E-state index in [0.29, 0.717) is 52.2 Å². The van der Waals surface area contributed by atoms with Crippen LogP contribution in [0.15, 0.2) is 39.8 Å². The number of hydrogen-bond donors (Lipinski definition) is 1. The van der Waals surface area contributed by atoms with E-state index >= 15 is 0 Å². The second-order valence-corrected chi connectivity index (χ2v) is 15.6. The normalized spacial score (nSPS) is 19.3. The van der Waals surface area contributed by atoms with Gasteiger partial charge in [0.1, 0.15) is 7.05 Å². The Hall–Kier alpha value is -5.03. The zero-order valence-electron chi connectivity index (χ0n) is 35.1. The molecule has 6 bridgehead atoms. The summed E-state index contributed by atoms with van der Waals surface area (Å²) in [5.41, 5.74) is 15.7. The molecule has 2 aromatic rings. The van der Waals surface area contributed by atoms with Crippen LogP contribution < -0.4 is 10.7 Å². The molecule has 0 amide bonds. The van der Waals surface area contributed by atoms with Gasteiger partial charge in [-0.25, -0.2) is 0 Å². The summed E-state index contributed by atoms with van der Waals surface area (Å²) in [6.07, 6.45) is 13.9. The standard InChI is InChI=1S/C46H57N4O7/c1-10-54-44(51)18-14-31-26(4)35-21-41-33(15-19-45(52)55-11-2)28(6)39-24-42-34(16-20-46(53)56-12-3)29(7)38(50(42)25-49(39)41)23-40-32(13-17-43-30(8)57-43)27(5)37(48(40)9)22-36(31)47-35/h21-24,30,43H,10-20,25H2,1-9H3/q+1/p+1. The molecule has 11 heteroatoms. The van der Waals surface area contributed by atoms with Gasteiger partial charge in [0, 0.05) is 64.4 Å². The molecule has 5 aliphatic heterocycles. The Morgan fingerprint density at radius 2 is 1.30 bits per heavy atom. The maximum atomic E-state index is 12.8. The van der Waals surface area contributed by atoms with Crippen LogP contribution in [0.2, 0.25) is 0 Å². The van der Waals surface area contributed by atoms with Crippen LogP contribution in [0.3, 0.4) is 0 Å². The predicted octanol–water partition coefficient (Wildman–Crippen LogP) is 5.35. The van der Waals surface area contributed by atoms with E-state index in [0.717, 1.165) is 91.1 Å². The average Bonchev–Trinajstić information content (AvgIpc) is 3.50. The number of ether oxygens (including phenoxy) is 4. The van der Waals surface area contributed by atoms with Gasteiger partial charge in [0.05, 0.1) is 49.5 Å². The van der Waals surface area contributed by atoms with Crippen molar-refractivity contribution in [1.29, 1.82) is 0 Å². The minimum Gasteiger partial charge on any atom is -0.466 e. The third-order valence-corrected chi connectivity index (χ3v) is 12.3. The monoisotopic (exact) mass is 778 g/mol. The zero-order valence-corrected chi connectivity index (χ0v) is 35.1. The lowest BCUT2D eigenvalue weighted by atomic mass is 9.96. The van der Waals surface area contributed by atoms with E-state index in [2.05, 4.69) is 84.7 Å². The Labute approximate surface area is 335 Å². The summed E-state index contributed by atoms with van der Waals surface area (Å²) in [4.78, 5) is 42.0. The number of allylic oxidation sites excluding steroid dienone is 5. The lowest BCUT2D eigenvalue weighted by Gasteiger charge is -2.16. The smallest absolute Gasteiger partial charge is 0.306 e. The van der Waals surface area contributed by atoms with Crippen molar-refractivity contribution in [3.63, 3.8) is 0 Å². The van der Waals surface area contributed by atoms with Gasteiger partial charge in [0.2, 0.25) is 29.5 Å². The maximum Gasteiger partial charge on any atom is 0.306 e. The van der Waals surface area contributed by atoms with Crippen LogP contribution in [0.5, 0.6) is 0 Å². The molecule has 57 heavy (non-hydrogen) atoms. The minimum atomic E-state index is -0.220. The number of rotatable bonds is 15. The number of aromatic nitrogens is 2. The molecule has 0 aliphatic carbocycles. The first-order valence-corrected chi connectivity index (χ1v) is 20.7. The van der Waals surface area contributed by atoms with Crippen molar-refractivity contribution in [2.75, 3.05) is 26.9 Å². The Morgan fingerprint density at radius 1 is 0.719 bits per heavy atom. The summed E-state index contributed by atoms with van der Waals surface area (Å²) in [5.74, 6) is -0.634. The zero-order chi connectivity index (χ0) is 40.7. The maximum absolute atomic E-state index is 12.8. The summed E-state index contributed by atoms with van der Waals surface area (Å²) in [6.45, 7) is 17.9. The van der Waals surface area contributed by atoms with E-state index in [9.17, 15) is 14.4 Å². The number of H-pyrrole nitrogens is 1. The summed E-state index contributed by atoms with van der Waals surface area (Å²) in [6, 6.07) is 0. The van der Waals surface area contributed by atoms with Crippen molar-refractivity contribution in [2.24, 2.45) is 0 Å². The molecule has 2 aromatic heterocycles. The van der Waals surface area contributed by atoms with Crippen LogP contribution >= 0.6 is 0 Å². The molecule has 0 spiro atoms. The largest absolute Gasteiger partial charge is 0.466 e. The molecule has 1 N–H and O–H groups in total. The summed E-state index contributed by atoms with van der Waals surface area (Å²) >= 11 is 0. The molecule has 302 valence electrons. The molecule has 1 saturated heterocycles. The minimum absolute atomic E-state index is 0.201. The highest BCUT2D eigenvalue weighted by Gasteiger charge is 2.42.